The van der Waals surface area contributed by atoms with Crippen molar-refractivity contribution in [1.29, 1.82) is 0 Å². The van der Waals surface area contributed by atoms with Crippen LogP contribution >= 0.6 is 0 Å². The molecule has 1 heterocycles. The van der Waals surface area contributed by atoms with Gasteiger partial charge in [-0.15, -0.1) is 0 Å². The third kappa shape index (κ3) is 2.88. The average Bonchev–Trinajstić information content (AvgIpc) is 2.98. The van der Waals surface area contributed by atoms with Crippen LogP contribution in [0.3, 0.4) is 0 Å². The summed E-state index contributed by atoms with van der Waals surface area (Å²) in [4.78, 5) is 12.4. The minimum absolute atomic E-state index is 0.172. The zero-order chi connectivity index (χ0) is 16.4. The maximum absolute atomic E-state index is 13.8. The van der Waals surface area contributed by atoms with Gasteiger partial charge in [0.15, 0.2) is 17.3 Å². The first-order chi connectivity index (χ1) is 11.1. The summed E-state index contributed by atoms with van der Waals surface area (Å²) in [5.74, 6) is -0.604. The molecular weight excluding hydrogens is 297 g/mol. The lowest BCUT2D eigenvalue weighted by Gasteiger charge is -2.14. The Kier molecular flexibility index (Phi) is 3.97. The highest BCUT2D eigenvalue weighted by Gasteiger charge is 2.17. The number of fused-ring (bicyclic) bond motifs is 1. The van der Waals surface area contributed by atoms with E-state index >= 15 is 0 Å². The SMILES string of the molecule is COc1ccc([C@H](C)NC(=O)c2n[nH]c3ccccc23)cc1F. The summed E-state index contributed by atoms with van der Waals surface area (Å²) >= 11 is 0. The fourth-order valence-electron chi connectivity index (χ4n) is 2.44. The van der Waals surface area contributed by atoms with E-state index in [2.05, 4.69) is 15.5 Å². The molecule has 0 aliphatic rings. The molecule has 1 aromatic heterocycles. The molecule has 3 aromatic rings. The minimum atomic E-state index is -0.462. The van der Waals surface area contributed by atoms with Crippen molar-refractivity contribution >= 4 is 16.8 Å². The van der Waals surface area contributed by atoms with Crippen molar-refractivity contribution in [2.45, 2.75) is 13.0 Å². The van der Waals surface area contributed by atoms with Crippen molar-refractivity contribution in [1.82, 2.24) is 15.5 Å². The third-order valence-electron chi connectivity index (χ3n) is 3.71. The number of carbonyl (C=O) groups excluding carboxylic acids is 1. The molecule has 118 valence electrons. The number of H-pyrrole nitrogens is 1. The molecule has 2 aromatic carbocycles. The van der Waals surface area contributed by atoms with Gasteiger partial charge >= 0.3 is 0 Å². The number of hydrogen-bond acceptors (Lipinski definition) is 3. The number of nitrogens with zero attached hydrogens (tertiary/aromatic N) is 1. The normalized spacial score (nSPS) is 12.1. The molecule has 1 amide bonds. The van der Waals surface area contributed by atoms with Gasteiger partial charge in [-0.3, -0.25) is 9.89 Å². The molecule has 0 bridgehead atoms. The van der Waals surface area contributed by atoms with Crippen LogP contribution in [0.15, 0.2) is 42.5 Å². The number of amides is 1. The van der Waals surface area contributed by atoms with Crippen LogP contribution in [0.25, 0.3) is 10.9 Å². The zero-order valence-corrected chi connectivity index (χ0v) is 12.8. The van der Waals surface area contributed by atoms with Gasteiger partial charge in [0, 0.05) is 5.39 Å². The minimum Gasteiger partial charge on any atom is -0.494 e. The fourth-order valence-corrected chi connectivity index (χ4v) is 2.44. The van der Waals surface area contributed by atoms with E-state index in [1.807, 2.05) is 24.3 Å². The van der Waals surface area contributed by atoms with Gasteiger partial charge in [-0.1, -0.05) is 24.3 Å². The van der Waals surface area contributed by atoms with Crippen LogP contribution in [0.5, 0.6) is 5.75 Å². The quantitative estimate of drug-likeness (QED) is 0.777. The Morgan fingerprint density at radius 2 is 2.09 bits per heavy atom. The molecule has 0 saturated carbocycles. The third-order valence-corrected chi connectivity index (χ3v) is 3.71. The van der Waals surface area contributed by atoms with E-state index in [0.717, 1.165) is 10.9 Å². The molecule has 0 aliphatic carbocycles. The Bertz CT molecular complexity index is 860. The Balaban J connectivity index is 1.81. The number of rotatable bonds is 4. The lowest BCUT2D eigenvalue weighted by Crippen LogP contribution is -2.27. The van der Waals surface area contributed by atoms with Crippen LogP contribution in [0.1, 0.15) is 29.0 Å². The smallest absolute Gasteiger partial charge is 0.272 e. The van der Waals surface area contributed by atoms with E-state index in [9.17, 15) is 9.18 Å². The summed E-state index contributed by atoms with van der Waals surface area (Å²) in [6, 6.07) is 11.6. The number of hydrogen-bond donors (Lipinski definition) is 2. The molecule has 2 N–H and O–H groups in total. The number of ether oxygens (including phenoxy) is 1. The molecule has 0 saturated heterocycles. The molecule has 1 atom stereocenters. The number of carbonyl (C=O) groups is 1. The molecule has 0 aliphatic heterocycles. The summed E-state index contributed by atoms with van der Waals surface area (Å²) in [5, 5.41) is 10.4. The Morgan fingerprint density at radius 3 is 2.83 bits per heavy atom. The first-order valence-corrected chi connectivity index (χ1v) is 7.17. The highest BCUT2D eigenvalue weighted by atomic mass is 19.1. The topological polar surface area (TPSA) is 67.0 Å². The van der Waals surface area contributed by atoms with E-state index in [1.165, 1.54) is 19.2 Å². The average molecular weight is 313 g/mol. The van der Waals surface area contributed by atoms with Gasteiger partial charge in [0.2, 0.25) is 0 Å². The van der Waals surface area contributed by atoms with Crippen molar-refractivity contribution in [3.05, 3.63) is 59.5 Å². The van der Waals surface area contributed by atoms with Crippen LogP contribution in [0, 0.1) is 5.82 Å². The van der Waals surface area contributed by atoms with Gasteiger partial charge in [-0.25, -0.2) is 4.39 Å². The number of nitrogens with one attached hydrogen (secondary N) is 2. The van der Waals surface area contributed by atoms with Crippen molar-refractivity contribution < 1.29 is 13.9 Å². The molecule has 0 unspecified atom stereocenters. The lowest BCUT2D eigenvalue weighted by atomic mass is 10.1. The summed E-state index contributed by atoms with van der Waals surface area (Å²) in [7, 11) is 1.41. The van der Waals surface area contributed by atoms with Crippen LogP contribution < -0.4 is 10.1 Å². The van der Waals surface area contributed by atoms with Crippen LogP contribution in [0.2, 0.25) is 0 Å². The zero-order valence-electron chi connectivity index (χ0n) is 12.8. The first kappa shape index (κ1) is 15.0. The van der Waals surface area contributed by atoms with E-state index in [4.69, 9.17) is 4.74 Å². The molecule has 23 heavy (non-hydrogen) atoms. The van der Waals surface area contributed by atoms with Gasteiger partial charge in [0.25, 0.3) is 5.91 Å². The largest absolute Gasteiger partial charge is 0.494 e. The van der Waals surface area contributed by atoms with E-state index in [0.29, 0.717) is 11.3 Å². The lowest BCUT2D eigenvalue weighted by molar-refractivity contribution is 0.0936. The number of halogens is 1. The Hall–Kier alpha value is -2.89. The molecule has 0 spiro atoms. The highest BCUT2D eigenvalue weighted by Crippen LogP contribution is 2.22. The number of para-hydroxylation sites is 1. The Labute approximate surface area is 132 Å². The number of methoxy groups -OCH3 is 1. The van der Waals surface area contributed by atoms with Crippen molar-refractivity contribution in [2.24, 2.45) is 0 Å². The second kappa shape index (κ2) is 6.08. The summed E-state index contributed by atoms with van der Waals surface area (Å²) < 4.78 is 18.7. The number of aromatic nitrogens is 2. The molecule has 5 nitrogen and oxygen atoms in total. The van der Waals surface area contributed by atoms with E-state index in [1.54, 1.807) is 13.0 Å². The molecule has 0 fully saturated rings. The standard InChI is InChI=1S/C17H16FN3O2/c1-10(11-7-8-15(23-2)13(18)9-11)19-17(22)16-12-5-3-4-6-14(12)20-21-16/h3-10H,1-2H3,(H,19,22)(H,20,21)/t10-/m0/s1. The second-order valence-electron chi connectivity index (χ2n) is 5.21. The summed E-state index contributed by atoms with van der Waals surface area (Å²) in [5.41, 5.74) is 1.76. The fraction of sp³-hybridized carbons (Fsp3) is 0.176. The first-order valence-electron chi connectivity index (χ1n) is 7.17. The van der Waals surface area contributed by atoms with E-state index < -0.39 is 5.82 Å². The van der Waals surface area contributed by atoms with Crippen LogP contribution in [0.4, 0.5) is 4.39 Å². The summed E-state index contributed by atoms with van der Waals surface area (Å²) in [6.45, 7) is 1.79. The van der Waals surface area contributed by atoms with Crippen LogP contribution in [-0.4, -0.2) is 23.2 Å². The van der Waals surface area contributed by atoms with Gasteiger partial charge < -0.3 is 10.1 Å². The van der Waals surface area contributed by atoms with Gasteiger partial charge in [-0.05, 0) is 30.7 Å². The molecular formula is C17H16FN3O2. The van der Waals surface area contributed by atoms with Crippen molar-refractivity contribution in [3.63, 3.8) is 0 Å². The van der Waals surface area contributed by atoms with Gasteiger partial charge in [-0.2, -0.15) is 5.10 Å². The predicted octanol–water partition coefficient (Wildman–Crippen LogP) is 3.20. The number of aromatic amines is 1. The van der Waals surface area contributed by atoms with Crippen molar-refractivity contribution in [3.8, 4) is 5.75 Å². The molecule has 6 heteroatoms. The highest BCUT2D eigenvalue weighted by molar-refractivity contribution is 6.04. The van der Waals surface area contributed by atoms with Crippen molar-refractivity contribution in [2.75, 3.05) is 7.11 Å². The second-order valence-corrected chi connectivity index (χ2v) is 5.21. The van der Waals surface area contributed by atoms with Crippen LogP contribution in [-0.2, 0) is 0 Å². The molecule has 0 radical (unpaired) electrons. The predicted molar refractivity (Wildman–Crippen MR) is 84.9 cm³/mol. The monoisotopic (exact) mass is 313 g/mol. The Morgan fingerprint density at radius 1 is 1.30 bits per heavy atom. The maximum Gasteiger partial charge on any atom is 0.272 e. The number of benzene rings is 2. The van der Waals surface area contributed by atoms with Gasteiger partial charge in [0.05, 0.1) is 18.7 Å². The molecule has 3 rings (SSSR count). The van der Waals surface area contributed by atoms with E-state index in [-0.39, 0.29) is 17.7 Å². The maximum atomic E-state index is 13.8. The summed E-state index contributed by atoms with van der Waals surface area (Å²) in [6.07, 6.45) is 0. The van der Waals surface area contributed by atoms with Gasteiger partial charge in [0.1, 0.15) is 0 Å².